The van der Waals surface area contributed by atoms with Gasteiger partial charge in [0.15, 0.2) is 5.78 Å². The Morgan fingerprint density at radius 3 is 2.25 bits per heavy atom. The molecule has 1 amide bonds. The molecule has 4 rings (SSSR count). The van der Waals surface area contributed by atoms with E-state index in [1.54, 1.807) is 41.7 Å². The molecule has 3 heterocycles. The first kappa shape index (κ1) is 42.1. The first-order chi connectivity index (χ1) is 23.8. The largest absolute Gasteiger partial charge is 0.463 e. The summed E-state index contributed by atoms with van der Waals surface area (Å²) in [4.78, 5) is 50.1. The maximum absolute atomic E-state index is 14.3. The number of hydrogen-bond acceptors (Lipinski definition) is 11. The van der Waals surface area contributed by atoms with E-state index >= 15 is 0 Å². The van der Waals surface area contributed by atoms with Crippen LogP contribution in [0.4, 0.5) is 0 Å². The quantitative estimate of drug-likeness (QED) is 0.228. The van der Waals surface area contributed by atoms with Crippen LogP contribution in [0.3, 0.4) is 0 Å². The van der Waals surface area contributed by atoms with E-state index < -0.39 is 47.3 Å². The van der Waals surface area contributed by atoms with Gasteiger partial charge in [0, 0.05) is 63.8 Å². The normalized spacial score (nSPS) is 34.5. The van der Waals surface area contributed by atoms with Crippen molar-refractivity contribution in [1.82, 2.24) is 19.6 Å². The minimum Gasteiger partial charge on any atom is -0.463 e. The fourth-order valence-corrected chi connectivity index (χ4v) is 8.95. The highest BCUT2D eigenvalue weighted by Gasteiger charge is 2.51. The van der Waals surface area contributed by atoms with Gasteiger partial charge in [0.2, 0.25) is 5.91 Å². The topological polar surface area (TPSA) is 132 Å². The number of ether oxygens (including phenoxy) is 3. The van der Waals surface area contributed by atoms with Crippen LogP contribution in [-0.2, 0) is 28.6 Å². The van der Waals surface area contributed by atoms with Crippen molar-refractivity contribution in [2.24, 2.45) is 35.0 Å². The number of carbonyl (C=O) groups is 3. The fraction of sp³-hybridized carbons (Fsp3) is 0.923. The highest BCUT2D eigenvalue weighted by molar-refractivity contribution is 6.04. The number of Topliss-reactive ketones (excluding diaryl/α,β-unsaturated/α-hetero) is 1. The Labute approximate surface area is 307 Å². The van der Waals surface area contributed by atoms with Crippen LogP contribution in [0.25, 0.3) is 0 Å². The Kier molecular flexibility index (Phi) is 14.2. The summed E-state index contributed by atoms with van der Waals surface area (Å²) in [5.41, 5.74) is -2.41. The third-order valence-corrected chi connectivity index (χ3v) is 12.4. The Balaban J connectivity index is 1.51. The van der Waals surface area contributed by atoms with Gasteiger partial charge >= 0.3 is 5.97 Å². The number of rotatable bonds is 12. The summed E-state index contributed by atoms with van der Waals surface area (Å²) in [6.07, 6.45) is 1.36. The van der Waals surface area contributed by atoms with Crippen molar-refractivity contribution < 1.29 is 38.8 Å². The van der Waals surface area contributed by atoms with Gasteiger partial charge in [0.05, 0.1) is 35.9 Å². The average molecular weight is 723 g/mol. The van der Waals surface area contributed by atoms with Gasteiger partial charge in [-0.2, -0.15) is 0 Å². The summed E-state index contributed by atoms with van der Waals surface area (Å²) < 4.78 is 18.9. The minimum absolute atomic E-state index is 0.0619. The lowest BCUT2D eigenvalue weighted by molar-refractivity contribution is -0.194. The number of carbonyl (C=O) groups excluding carboxylic acids is 3. The van der Waals surface area contributed by atoms with Crippen LogP contribution in [0.15, 0.2) is 0 Å². The molecule has 0 aromatic heterocycles. The lowest BCUT2D eigenvalue weighted by atomic mass is 9.74. The number of likely N-dealkylation sites (tertiary alicyclic amines) is 2. The zero-order valence-corrected chi connectivity index (χ0v) is 33.5. The zero-order valence-electron chi connectivity index (χ0n) is 33.5. The Hall–Kier alpha value is -1.67. The molecule has 51 heavy (non-hydrogen) atoms. The molecule has 0 aromatic carbocycles. The highest BCUT2D eigenvalue weighted by Crippen LogP contribution is 2.38. The molecular formula is C39H70N4O8. The van der Waals surface area contributed by atoms with Crippen LogP contribution in [0, 0.1) is 35.0 Å². The van der Waals surface area contributed by atoms with E-state index in [0.29, 0.717) is 32.5 Å². The molecule has 0 radical (unpaired) electrons. The lowest BCUT2D eigenvalue weighted by Gasteiger charge is -2.47. The molecule has 0 spiro atoms. The monoisotopic (exact) mass is 723 g/mol. The molecule has 1 unspecified atom stereocenters. The van der Waals surface area contributed by atoms with Crippen molar-refractivity contribution in [3.05, 3.63) is 0 Å². The van der Waals surface area contributed by atoms with Crippen molar-refractivity contribution in [2.45, 2.75) is 123 Å². The Morgan fingerprint density at radius 2 is 1.69 bits per heavy atom. The van der Waals surface area contributed by atoms with Gasteiger partial charge in [0.25, 0.3) is 0 Å². The second-order valence-electron chi connectivity index (χ2n) is 17.8. The van der Waals surface area contributed by atoms with Gasteiger partial charge in [-0.3, -0.25) is 19.3 Å². The van der Waals surface area contributed by atoms with Crippen molar-refractivity contribution in [3.8, 4) is 0 Å². The number of nitrogens with zero attached hydrogens (tertiary/aromatic N) is 4. The van der Waals surface area contributed by atoms with Crippen molar-refractivity contribution >= 4 is 17.7 Å². The Bertz CT molecular complexity index is 1190. The lowest BCUT2D eigenvalue weighted by Crippen LogP contribution is -2.60. The maximum atomic E-state index is 14.3. The van der Waals surface area contributed by atoms with E-state index in [9.17, 15) is 24.6 Å². The van der Waals surface area contributed by atoms with Crippen LogP contribution >= 0.6 is 0 Å². The van der Waals surface area contributed by atoms with Gasteiger partial charge < -0.3 is 39.1 Å². The summed E-state index contributed by atoms with van der Waals surface area (Å²) in [5, 5.41) is 21.6. The smallest absolute Gasteiger partial charge is 0.319 e. The predicted molar refractivity (Wildman–Crippen MR) is 196 cm³/mol. The minimum atomic E-state index is -1.46. The van der Waals surface area contributed by atoms with Crippen LogP contribution in [0.1, 0.15) is 80.6 Å². The molecule has 294 valence electrons. The van der Waals surface area contributed by atoms with Crippen molar-refractivity contribution in [2.75, 3.05) is 74.1 Å². The number of hydrogen-bond donors (Lipinski definition) is 2. The molecule has 0 bridgehead atoms. The second-order valence-corrected chi connectivity index (χ2v) is 17.8. The fourth-order valence-electron chi connectivity index (χ4n) is 8.95. The molecule has 3 saturated heterocycles. The molecule has 4 aliphatic rings. The number of ketones is 1. The molecule has 12 heteroatoms. The van der Waals surface area contributed by atoms with Gasteiger partial charge in [0.1, 0.15) is 12.0 Å². The van der Waals surface area contributed by atoms with E-state index in [4.69, 9.17) is 14.2 Å². The number of aliphatic hydroxyl groups is 2. The summed E-state index contributed by atoms with van der Waals surface area (Å²) in [7, 11) is 7.37. The number of amides is 1. The molecule has 10 atom stereocenters. The molecule has 2 N–H and O–H groups in total. The van der Waals surface area contributed by atoms with Crippen molar-refractivity contribution in [3.63, 3.8) is 0 Å². The summed E-state index contributed by atoms with van der Waals surface area (Å²) in [6, 6.07) is -0.504. The molecule has 12 nitrogen and oxygen atoms in total. The van der Waals surface area contributed by atoms with Crippen LogP contribution in [-0.4, -0.2) is 164 Å². The third-order valence-electron chi connectivity index (χ3n) is 12.4. The summed E-state index contributed by atoms with van der Waals surface area (Å²) in [5.74, 6) is -0.317. The summed E-state index contributed by atoms with van der Waals surface area (Å²) >= 11 is 0. The third kappa shape index (κ3) is 10.1. The van der Waals surface area contributed by atoms with E-state index in [2.05, 4.69) is 16.7 Å². The number of aliphatic hydroxyl groups excluding tert-OH is 2. The average Bonchev–Trinajstić information content (AvgIpc) is 3.73. The summed E-state index contributed by atoms with van der Waals surface area (Å²) in [6.45, 7) is 17.6. The van der Waals surface area contributed by atoms with E-state index in [1.807, 2.05) is 37.9 Å². The van der Waals surface area contributed by atoms with E-state index in [0.717, 1.165) is 32.0 Å². The van der Waals surface area contributed by atoms with Gasteiger partial charge in [-0.1, -0.05) is 13.8 Å². The van der Waals surface area contributed by atoms with Crippen LogP contribution in [0.2, 0.25) is 0 Å². The number of methoxy groups -OCH3 is 1. The standard InChI is InChI=1S/C39H70N4O8/c1-24-17-39(7,49-11)35(51-27(4)33(45)31(40(8)9)16-25(2)44)26(3)34(46)38(5,6)37(48)50-23-32(41(10)18-24)30-21-43(22-30)36(47)29-14-15-42(20-29)19-28-12-13-28/h24-33,35,44-45H,12-23H2,1-11H3/t24-,25-,26+,27-,29+,31?,32+,33+,35-,39-/m1/s1. The first-order valence-electron chi connectivity index (χ1n) is 19.4. The van der Waals surface area contributed by atoms with Gasteiger partial charge in [-0.25, -0.2) is 0 Å². The SMILES string of the molecule is CO[C@]1(C)C[C@@H](C)CN(C)[C@H](C2CN(C(=O)[C@H]3CCN(CC4CC4)C3)C2)COC(=O)C(C)(C)C(=O)[C@H](C)[C@H]1O[C@H](C)[C@H](O)C(C[C@@H](C)O)N(C)C. The molecule has 4 fully saturated rings. The van der Waals surface area contributed by atoms with Crippen LogP contribution < -0.4 is 0 Å². The maximum Gasteiger partial charge on any atom is 0.319 e. The predicted octanol–water partition coefficient (Wildman–Crippen LogP) is 2.53. The molecule has 1 aliphatic carbocycles. The first-order valence-corrected chi connectivity index (χ1v) is 19.4. The van der Waals surface area contributed by atoms with E-state index in [1.165, 1.54) is 12.8 Å². The number of likely N-dealkylation sites (N-methyl/N-ethyl adjacent to an activating group) is 2. The zero-order chi connectivity index (χ0) is 38.0. The molecular weight excluding hydrogens is 652 g/mol. The molecule has 0 aromatic rings. The van der Waals surface area contributed by atoms with Gasteiger partial charge in [-0.05, 0) is 106 Å². The highest BCUT2D eigenvalue weighted by atomic mass is 16.6. The van der Waals surface area contributed by atoms with Crippen molar-refractivity contribution in [1.29, 1.82) is 0 Å². The molecule has 1 saturated carbocycles. The number of esters is 1. The molecule has 3 aliphatic heterocycles. The van der Waals surface area contributed by atoms with E-state index in [-0.39, 0.29) is 48.1 Å². The van der Waals surface area contributed by atoms with Gasteiger partial charge in [-0.15, -0.1) is 0 Å². The number of cyclic esters (lactones) is 1. The Morgan fingerprint density at radius 1 is 1.04 bits per heavy atom. The van der Waals surface area contributed by atoms with Crippen LogP contribution in [0.5, 0.6) is 0 Å². The second kappa shape index (κ2) is 17.2.